The van der Waals surface area contributed by atoms with Gasteiger partial charge in [0, 0.05) is 12.2 Å². The van der Waals surface area contributed by atoms with Crippen LogP contribution in [-0.4, -0.2) is 29.7 Å². The van der Waals surface area contributed by atoms with Crippen LogP contribution in [0.4, 0.5) is 13.2 Å². The smallest absolute Gasteiger partial charge is 0.343 e. The number of carbonyl (C=O) groups excluding carboxylic acids is 2. The van der Waals surface area contributed by atoms with E-state index in [0.29, 0.717) is 12.8 Å². The number of ether oxygens (including phenoxy) is 2. The number of nitrogens with zero attached hydrogens (tertiary/aromatic N) is 1. The average Bonchev–Trinajstić information content (AvgIpc) is 3.46. The highest BCUT2D eigenvalue weighted by Crippen LogP contribution is 2.39. The Morgan fingerprint density at radius 1 is 1.04 bits per heavy atom. The van der Waals surface area contributed by atoms with Crippen molar-refractivity contribution in [3.8, 4) is 0 Å². The van der Waals surface area contributed by atoms with Crippen molar-refractivity contribution in [1.29, 1.82) is 0 Å². The summed E-state index contributed by atoms with van der Waals surface area (Å²) in [4.78, 5) is 37.1. The first-order chi connectivity index (χ1) is 12.8. The summed E-state index contributed by atoms with van der Waals surface area (Å²) in [6, 6.07) is -0.310. The number of hydrogen-bond acceptors (Lipinski definition) is 5. The number of halogens is 3. The fourth-order valence-electron chi connectivity index (χ4n) is 2.90. The second-order valence-electron chi connectivity index (χ2n) is 5.99. The fraction of sp³-hybridized carbons (Fsp3) is 0.389. The van der Waals surface area contributed by atoms with Crippen LogP contribution >= 0.6 is 0 Å². The molecule has 0 spiro atoms. The van der Waals surface area contributed by atoms with E-state index in [2.05, 4.69) is 0 Å². The van der Waals surface area contributed by atoms with Gasteiger partial charge < -0.3 is 14.0 Å². The summed E-state index contributed by atoms with van der Waals surface area (Å²) < 4.78 is 53.8. The van der Waals surface area contributed by atoms with E-state index >= 15 is 0 Å². The second-order valence-corrected chi connectivity index (χ2v) is 5.99. The van der Waals surface area contributed by atoms with Gasteiger partial charge in [-0.3, -0.25) is 4.79 Å². The first-order valence-electron chi connectivity index (χ1n) is 8.42. The van der Waals surface area contributed by atoms with Crippen molar-refractivity contribution >= 4 is 22.8 Å². The van der Waals surface area contributed by atoms with Gasteiger partial charge in [0.1, 0.15) is 11.1 Å². The van der Waals surface area contributed by atoms with Gasteiger partial charge in [0.25, 0.3) is 0 Å². The van der Waals surface area contributed by atoms with E-state index in [1.165, 1.54) is 18.4 Å². The topological polar surface area (TPSA) is 74.6 Å². The second kappa shape index (κ2) is 7.05. The molecule has 3 rings (SSSR count). The van der Waals surface area contributed by atoms with Gasteiger partial charge in [-0.05, 0) is 26.7 Å². The summed E-state index contributed by atoms with van der Waals surface area (Å²) in [5.41, 5.74) is -3.22. The molecule has 27 heavy (non-hydrogen) atoms. The molecule has 1 aromatic heterocycles. The molecule has 0 radical (unpaired) electrons. The van der Waals surface area contributed by atoms with Gasteiger partial charge in [-0.25, -0.2) is 22.8 Å². The van der Waals surface area contributed by atoms with Crippen molar-refractivity contribution in [2.75, 3.05) is 13.2 Å². The standard InChI is InChI=1S/C18H16F3NO5/c1-3-26-17(24)9-7-22(8-5-6-8)15-11(16(9)23)10(18(25)27-4-2)12(19)13(20)14(15)21/h7-8H,3-6H2,1-2H3. The lowest BCUT2D eigenvalue weighted by Crippen LogP contribution is -2.25. The summed E-state index contributed by atoms with van der Waals surface area (Å²) in [5.74, 6) is -7.64. The number of fused-ring (bicyclic) bond motifs is 1. The minimum atomic E-state index is -1.89. The monoisotopic (exact) mass is 383 g/mol. The van der Waals surface area contributed by atoms with E-state index < -0.39 is 56.8 Å². The molecular weight excluding hydrogens is 367 g/mol. The van der Waals surface area contributed by atoms with Crippen LogP contribution < -0.4 is 5.43 Å². The Morgan fingerprint density at radius 2 is 1.63 bits per heavy atom. The van der Waals surface area contributed by atoms with Gasteiger partial charge in [-0.15, -0.1) is 0 Å². The van der Waals surface area contributed by atoms with Gasteiger partial charge in [0.15, 0.2) is 17.5 Å². The summed E-state index contributed by atoms with van der Waals surface area (Å²) in [6.07, 6.45) is 2.25. The minimum absolute atomic E-state index is 0.0311. The van der Waals surface area contributed by atoms with Gasteiger partial charge in [0.05, 0.1) is 24.1 Å². The zero-order valence-corrected chi connectivity index (χ0v) is 14.6. The molecule has 0 atom stereocenters. The maximum atomic E-state index is 14.6. The van der Waals surface area contributed by atoms with Gasteiger partial charge in [0.2, 0.25) is 5.43 Å². The maximum Gasteiger partial charge on any atom is 0.343 e. The lowest BCUT2D eigenvalue weighted by molar-refractivity contribution is 0.0510. The molecule has 0 amide bonds. The predicted molar refractivity (Wildman–Crippen MR) is 88.3 cm³/mol. The first kappa shape index (κ1) is 18.9. The van der Waals surface area contributed by atoms with E-state index in [1.54, 1.807) is 0 Å². The fourth-order valence-corrected chi connectivity index (χ4v) is 2.90. The number of aromatic nitrogens is 1. The Kier molecular flexibility index (Phi) is 4.95. The van der Waals surface area contributed by atoms with Crippen molar-refractivity contribution in [3.63, 3.8) is 0 Å². The molecule has 144 valence electrons. The van der Waals surface area contributed by atoms with Crippen molar-refractivity contribution in [3.05, 3.63) is 45.0 Å². The Hall–Kier alpha value is -2.84. The number of pyridine rings is 1. The van der Waals surface area contributed by atoms with Crippen LogP contribution in [0.1, 0.15) is 53.4 Å². The Balaban J connectivity index is 2.48. The molecule has 0 unspecified atom stereocenters. The molecule has 1 aliphatic carbocycles. The van der Waals surface area contributed by atoms with Crippen LogP contribution in [0.5, 0.6) is 0 Å². The van der Waals surface area contributed by atoms with Crippen LogP contribution in [0.2, 0.25) is 0 Å². The number of rotatable bonds is 5. The molecule has 0 bridgehead atoms. The average molecular weight is 383 g/mol. The van der Waals surface area contributed by atoms with Crippen LogP contribution in [0.25, 0.3) is 10.9 Å². The van der Waals surface area contributed by atoms with Crippen LogP contribution in [-0.2, 0) is 9.47 Å². The zero-order valence-electron chi connectivity index (χ0n) is 14.6. The van der Waals surface area contributed by atoms with Crippen molar-refractivity contribution in [2.45, 2.75) is 32.7 Å². The summed E-state index contributed by atoms with van der Waals surface area (Å²) in [7, 11) is 0. The van der Waals surface area contributed by atoms with Crippen LogP contribution in [0.15, 0.2) is 11.0 Å². The largest absolute Gasteiger partial charge is 0.462 e. The third kappa shape index (κ3) is 3.07. The number of hydrogen-bond donors (Lipinski definition) is 0. The first-order valence-corrected chi connectivity index (χ1v) is 8.42. The van der Waals surface area contributed by atoms with Gasteiger partial charge in [-0.2, -0.15) is 0 Å². The third-order valence-corrected chi connectivity index (χ3v) is 4.21. The normalized spacial score (nSPS) is 13.7. The Bertz CT molecular complexity index is 1010. The lowest BCUT2D eigenvalue weighted by atomic mass is 10.0. The molecule has 9 heteroatoms. The number of carbonyl (C=O) groups is 2. The van der Waals surface area contributed by atoms with Crippen LogP contribution in [0, 0.1) is 17.5 Å². The van der Waals surface area contributed by atoms with Gasteiger partial charge in [-0.1, -0.05) is 0 Å². The molecule has 1 aliphatic rings. The molecule has 2 aromatic rings. The number of benzene rings is 1. The molecule has 1 saturated carbocycles. The summed E-state index contributed by atoms with van der Waals surface area (Å²) in [5, 5.41) is -0.734. The molecule has 0 N–H and O–H groups in total. The zero-order chi connectivity index (χ0) is 19.9. The highest BCUT2D eigenvalue weighted by molar-refractivity contribution is 6.06. The SMILES string of the molecule is CCOC(=O)c1cn(C2CC2)c2c(F)c(F)c(F)c(C(=O)OCC)c2c1=O. The van der Waals surface area contributed by atoms with Crippen molar-refractivity contribution in [2.24, 2.45) is 0 Å². The number of esters is 2. The molecule has 1 aromatic carbocycles. The van der Waals surface area contributed by atoms with Crippen molar-refractivity contribution < 1.29 is 32.2 Å². The van der Waals surface area contributed by atoms with Gasteiger partial charge >= 0.3 is 11.9 Å². The minimum Gasteiger partial charge on any atom is -0.462 e. The van der Waals surface area contributed by atoms with E-state index in [4.69, 9.17) is 9.47 Å². The highest BCUT2D eigenvalue weighted by Gasteiger charge is 2.34. The Labute approximate surface area is 151 Å². The van der Waals surface area contributed by atoms with E-state index in [9.17, 15) is 27.6 Å². The van der Waals surface area contributed by atoms with E-state index in [0.717, 1.165) is 6.20 Å². The van der Waals surface area contributed by atoms with E-state index in [1.807, 2.05) is 0 Å². The highest BCUT2D eigenvalue weighted by atomic mass is 19.2. The van der Waals surface area contributed by atoms with Crippen LogP contribution in [0.3, 0.4) is 0 Å². The molecule has 6 nitrogen and oxygen atoms in total. The molecular formula is C18H16F3NO5. The third-order valence-electron chi connectivity index (χ3n) is 4.21. The predicted octanol–water partition coefficient (Wildman–Crippen LogP) is 3.11. The van der Waals surface area contributed by atoms with E-state index in [-0.39, 0.29) is 19.3 Å². The molecule has 0 aliphatic heterocycles. The molecule has 1 heterocycles. The molecule has 0 saturated heterocycles. The quantitative estimate of drug-likeness (QED) is 0.586. The summed E-state index contributed by atoms with van der Waals surface area (Å²) >= 11 is 0. The summed E-state index contributed by atoms with van der Waals surface area (Å²) in [6.45, 7) is 2.76. The lowest BCUT2D eigenvalue weighted by Gasteiger charge is -2.16. The van der Waals surface area contributed by atoms with Crippen molar-refractivity contribution in [1.82, 2.24) is 4.57 Å². The Morgan fingerprint density at radius 3 is 2.19 bits per heavy atom. The molecule has 1 fully saturated rings. The maximum absolute atomic E-state index is 14.6.